The Balaban J connectivity index is 2.15. The van der Waals surface area contributed by atoms with E-state index >= 15 is 0 Å². The van der Waals surface area contributed by atoms with Crippen LogP contribution in [0.4, 0.5) is 0 Å². The SMILES string of the molecule is O=C(O)c1nc(C2(c3ccccc3)CCCC2)ncc1Cl. The van der Waals surface area contributed by atoms with E-state index in [0.717, 1.165) is 31.2 Å². The average molecular weight is 303 g/mol. The molecule has 2 aromatic rings. The summed E-state index contributed by atoms with van der Waals surface area (Å²) in [7, 11) is 0. The zero-order chi connectivity index (χ0) is 14.9. The number of nitrogens with zero attached hydrogens (tertiary/aromatic N) is 2. The van der Waals surface area contributed by atoms with E-state index in [4.69, 9.17) is 11.6 Å². The highest BCUT2D eigenvalue weighted by Crippen LogP contribution is 2.45. The van der Waals surface area contributed by atoms with E-state index < -0.39 is 5.97 Å². The van der Waals surface area contributed by atoms with Crippen molar-refractivity contribution in [1.82, 2.24) is 9.97 Å². The smallest absolute Gasteiger partial charge is 0.356 e. The van der Waals surface area contributed by atoms with Crippen molar-refractivity contribution in [3.8, 4) is 0 Å². The predicted molar refractivity (Wildman–Crippen MR) is 79.7 cm³/mol. The van der Waals surface area contributed by atoms with Crippen LogP contribution in [0, 0.1) is 0 Å². The van der Waals surface area contributed by atoms with Gasteiger partial charge in [0.05, 0.1) is 16.6 Å². The number of carboxylic acid groups (broad SMARTS) is 1. The van der Waals surface area contributed by atoms with Crippen molar-refractivity contribution in [2.75, 3.05) is 0 Å². The highest BCUT2D eigenvalue weighted by molar-refractivity contribution is 6.33. The molecule has 1 saturated carbocycles. The second-order valence-corrected chi connectivity index (χ2v) is 5.76. The van der Waals surface area contributed by atoms with E-state index in [2.05, 4.69) is 22.1 Å². The van der Waals surface area contributed by atoms with Gasteiger partial charge in [0.2, 0.25) is 0 Å². The third-order valence-electron chi connectivity index (χ3n) is 4.16. The molecular formula is C16H15ClN2O2. The number of aromatic carboxylic acids is 1. The first kappa shape index (κ1) is 14.0. The maximum absolute atomic E-state index is 11.3. The molecule has 1 aromatic carbocycles. The van der Waals surface area contributed by atoms with Crippen LogP contribution in [0.1, 0.15) is 47.6 Å². The minimum Gasteiger partial charge on any atom is -0.476 e. The van der Waals surface area contributed by atoms with E-state index in [9.17, 15) is 9.90 Å². The summed E-state index contributed by atoms with van der Waals surface area (Å²) in [5, 5.41) is 9.29. The van der Waals surface area contributed by atoms with E-state index in [-0.39, 0.29) is 16.1 Å². The molecule has 1 heterocycles. The van der Waals surface area contributed by atoms with Crippen LogP contribution in [0.2, 0.25) is 5.02 Å². The second kappa shape index (κ2) is 5.45. The summed E-state index contributed by atoms with van der Waals surface area (Å²) in [6, 6.07) is 10.1. The summed E-state index contributed by atoms with van der Waals surface area (Å²) in [5.41, 5.74) is 0.723. The molecule has 1 aromatic heterocycles. The summed E-state index contributed by atoms with van der Waals surface area (Å²) in [6.07, 6.45) is 5.43. The van der Waals surface area contributed by atoms with Crippen molar-refractivity contribution in [3.63, 3.8) is 0 Å². The van der Waals surface area contributed by atoms with Crippen LogP contribution in [0.15, 0.2) is 36.5 Å². The Morgan fingerprint density at radius 2 is 1.86 bits per heavy atom. The lowest BCUT2D eigenvalue weighted by Gasteiger charge is -2.28. The van der Waals surface area contributed by atoms with Crippen LogP contribution in [0.25, 0.3) is 0 Å². The zero-order valence-electron chi connectivity index (χ0n) is 11.4. The third kappa shape index (κ3) is 2.40. The molecule has 0 radical (unpaired) electrons. The van der Waals surface area contributed by atoms with Gasteiger partial charge in [0.15, 0.2) is 5.69 Å². The van der Waals surface area contributed by atoms with Crippen molar-refractivity contribution >= 4 is 17.6 Å². The number of benzene rings is 1. The molecule has 0 spiro atoms. The molecule has 4 nitrogen and oxygen atoms in total. The Morgan fingerprint density at radius 3 is 2.48 bits per heavy atom. The lowest BCUT2D eigenvalue weighted by Crippen LogP contribution is -2.27. The highest BCUT2D eigenvalue weighted by Gasteiger charge is 2.40. The minimum absolute atomic E-state index is 0.0764. The number of rotatable bonds is 3. The average Bonchev–Trinajstić information content (AvgIpc) is 2.99. The number of carbonyl (C=O) groups is 1. The molecule has 1 aliphatic carbocycles. The maximum Gasteiger partial charge on any atom is 0.356 e. The summed E-state index contributed by atoms with van der Waals surface area (Å²) < 4.78 is 0. The van der Waals surface area contributed by atoms with Gasteiger partial charge in [-0.1, -0.05) is 54.8 Å². The standard InChI is InChI=1S/C16H15ClN2O2/c17-12-10-18-15(19-13(12)14(20)21)16(8-4-5-9-16)11-6-2-1-3-7-11/h1-3,6-7,10H,4-5,8-9H2,(H,20,21). The Labute approximate surface area is 127 Å². The van der Waals surface area contributed by atoms with Gasteiger partial charge < -0.3 is 5.11 Å². The van der Waals surface area contributed by atoms with Gasteiger partial charge >= 0.3 is 5.97 Å². The van der Waals surface area contributed by atoms with E-state index in [0.29, 0.717) is 5.82 Å². The van der Waals surface area contributed by atoms with Crippen LogP contribution in [0.3, 0.4) is 0 Å². The van der Waals surface area contributed by atoms with Crippen molar-refractivity contribution in [2.45, 2.75) is 31.1 Å². The van der Waals surface area contributed by atoms with Gasteiger partial charge in [-0.3, -0.25) is 0 Å². The van der Waals surface area contributed by atoms with Crippen molar-refractivity contribution in [1.29, 1.82) is 0 Å². The van der Waals surface area contributed by atoms with Crippen molar-refractivity contribution in [3.05, 3.63) is 58.6 Å². The third-order valence-corrected chi connectivity index (χ3v) is 4.43. The predicted octanol–water partition coefficient (Wildman–Crippen LogP) is 3.69. The maximum atomic E-state index is 11.3. The monoisotopic (exact) mass is 302 g/mol. The fraction of sp³-hybridized carbons (Fsp3) is 0.312. The fourth-order valence-electron chi connectivity index (χ4n) is 3.12. The molecule has 0 bridgehead atoms. The van der Waals surface area contributed by atoms with Crippen LogP contribution in [-0.4, -0.2) is 21.0 Å². The van der Waals surface area contributed by atoms with Gasteiger partial charge in [0.25, 0.3) is 0 Å². The molecule has 0 amide bonds. The van der Waals surface area contributed by atoms with Gasteiger partial charge in [-0.05, 0) is 18.4 Å². The van der Waals surface area contributed by atoms with E-state index in [1.165, 1.54) is 6.20 Å². The molecule has 1 fully saturated rings. The number of aromatic nitrogens is 2. The lowest BCUT2D eigenvalue weighted by molar-refractivity contribution is 0.0690. The molecule has 1 N–H and O–H groups in total. The first-order valence-corrected chi connectivity index (χ1v) is 7.33. The number of carboxylic acids is 1. The first-order chi connectivity index (χ1) is 10.1. The minimum atomic E-state index is -1.12. The van der Waals surface area contributed by atoms with Crippen LogP contribution < -0.4 is 0 Å². The zero-order valence-corrected chi connectivity index (χ0v) is 12.2. The van der Waals surface area contributed by atoms with Gasteiger partial charge in [-0.2, -0.15) is 0 Å². The quantitative estimate of drug-likeness (QED) is 0.939. The Kier molecular flexibility index (Phi) is 3.64. The molecule has 0 unspecified atom stereocenters. The van der Waals surface area contributed by atoms with Gasteiger partial charge in [-0.25, -0.2) is 14.8 Å². The second-order valence-electron chi connectivity index (χ2n) is 5.35. The molecule has 0 aliphatic heterocycles. The largest absolute Gasteiger partial charge is 0.476 e. The van der Waals surface area contributed by atoms with E-state index in [1.807, 2.05) is 18.2 Å². The Morgan fingerprint density at radius 1 is 1.19 bits per heavy atom. The topological polar surface area (TPSA) is 63.1 Å². The molecule has 1 aliphatic rings. The highest BCUT2D eigenvalue weighted by atomic mass is 35.5. The van der Waals surface area contributed by atoms with E-state index in [1.54, 1.807) is 0 Å². The summed E-state index contributed by atoms with van der Waals surface area (Å²) in [4.78, 5) is 19.9. The normalized spacial score (nSPS) is 16.8. The number of hydrogen-bond acceptors (Lipinski definition) is 3. The molecule has 21 heavy (non-hydrogen) atoms. The lowest BCUT2D eigenvalue weighted by atomic mass is 9.78. The van der Waals surface area contributed by atoms with Crippen LogP contribution in [-0.2, 0) is 5.41 Å². The Bertz CT molecular complexity index is 667. The van der Waals surface area contributed by atoms with Crippen LogP contribution >= 0.6 is 11.6 Å². The molecule has 0 atom stereocenters. The summed E-state index contributed by atoms with van der Waals surface area (Å²) >= 11 is 5.88. The van der Waals surface area contributed by atoms with Gasteiger partial charge in [-0.15, -0.1) is 0 Å². The van der Waals surface area contributed by atoms with Crippen molar-refractivity contribution < 1.29 is 9.90 Å². The molecule has 108 valence electrons. The molecule has 3 rings (SSSR count). The van der Waals surface area contributed by atoms with Gasteiger partial charge in [0.1, 0.15) is 5.82 Å². The molecule has 0 saturated heterocycles. The summed E-state index contributed by atoms with van der Waals surface area (Å²) in [5.74, 6) is -0.558. The van der Waals surface area contributed by atoms with Crippen molar-refractivity contribution in [2.24, 2.45) is 0 Å². The fourth-order valence-corrected chi connectivity index (χ4v) is 3.30. The molecule has 5 heteroatoms. The summed E-state index contributed by atoms with van der Waals surface area (Å²) in [6.45, 7) is 0. The Hall–Kier alpha value is -1.94. The number of halogens is 1. The molecular weight excluding hydrogens is 288 g/mol. The van der Waals surface area contributed by atoms with Gasteiger partial charge in [0, 0.05) is 0 Å². The van der Waals surface area contributed by atoms with Crippen LogP contribution in [0.5, 0.6) is 0 Å². The number of hydrogen-bond donors (Lipinski definition) is 1. The first-order valence-electron chi connectivity index (χ1n) is 6.95.